The van der Waals surface area contributed by atoms with Crippen LogP contribution in [0.25, 0.3) is 11.2 Å². The molecule has 1 amide bonds. The van der Waals surface area contributed by atoms with Crippen LogP contribution in [0.3, 0.4) is 0 Å². The minimum absolute atomic E-state index is 0.149. The average molecular weight is 579 g/mol. The van der Waals surface area contributed by atoms with Gasteiger partial charge in [-0.05, 0) is 65.0 Å². The number of ether oxygens (including phenoxy) is 3. The highest BCUT2D eigenvalue weighted by molar-refractivity contribution is 7.99. The summed E-state index contributed by atoms with van der Waals surface area (Å²) in [5.74, 6) is 1.48. The van der Waals surface area contributed by atoms with Gasteiger partial charge in [-0.1, -0.05) is 17.2 Å². The van der Waals surface area contributed by atoms with Crippen LogP contribution in [0.4, 0.5) is 5.82 Å². The number of aromatic nitrogens is 4. The van der Waals surface area contributed by atoms with Crippen LogP contribution in [0, 0.1) is 11.3 Å². The van der Waals surface area contributed by atoms with E-state index < -0.39 is 11.5 Å². The van der Waals surface area contributed by atoms with Crippen molar-refractivity contribution in [1.82, 2.24) is 24.4 Å². The van der Waals surface area contributed by atoms with Gasteiger partial charge in [-0.15, -0.1) is 0 Å². The Balaban J connectivity index is 1.26. The van der Waals surface area contributed by atoms with Crippen molar-refractivity contribution in [3.05, 3.63) is 18.5 Å². The highest BCUT2D eigenvalue weighted by atomic mass is 32.2. The quantitative estimate of drug-likeness (QED) is 0.329. The number of nitrogens with zero attached hydrogens (tertiary/aromatic N) is 5. The van der Waals surface area contributed by atoms with Crippen LogP contribution in [0.15, 0.2) is 28.5 Å². The lowest BCUT2D eigenvalue weighted by atomic mass is 9.93. The first-order valence-corrected chi connectivity index (χ1v) is 14.7. The first-order chi connectivity index (χ1) is 19.5. The van der Waals surface area contributed by atoms with Crippen LogP contribution in [-0.2, 0) is 20.9 Å². The topological polar surface area (TPSA) is 135 Å². The Morgan fingerprint density at radius 3 is 2.54 bits per heavy atom. The summed E-state index contributed by atoms with van der Waals surface area (Å²) < 4.78 is 18.9. The summed E-state index contributed by atoms with van der Waals surface area (Å²) >= 11 is 1.42. The number of esters is 1. The summed E-state index contributed by atoms with van der Waals surface area (Å²) in [5, 5.41) is 0.706. The fraction of sp³-hybridized carbons (Fsp3) is 0.536. The van der Waals surface area contributed by atoms with Gasteiger partial charge in [0.25, 0.3) is 5.91 Å². The predicted octanol–water partition coefficient (Wildman–Crippen LogP) is 2.73. The molecule has 2 radical (unpaired) electrons. The van der Waals surface area contributed by atoms with Crippen molar-refractivity contribution >= 4 is 53.9 Å². The lowest BCUT2D eigenvalue weighted by Gasteiger charge is -2.34. The van der Waals surface area contributed by atoms with Crippen molar-refractivity contribution in [2.45, 2.75) is 69.7 Å². The van der Waals surface area contributed by atoms with E-state index in [4.69, 9.17) is 32.8 Å². The molecule has 4 heterocycles. The van der Waals surface area contributed by atoms with Gasteiger partial charge in [0.05, 0.1) is 5.41 Å². The maximum absolute atomic E-state index is 12.9. The molecule has 1 atom stereocenters. The van der Waals surface area contributed by atoms with Crippen LogP contribution in [-0.4, -0.2) is 76.5 Å². The monoisotopic (exact) mass is 578 g/mol. The van der Waals surface area contributed by atoms with E-state index in [0.29, 0.717) is 77.9 Å². The lowest BCUT2D eigenvalue weighted by molar-refractivity contribution is -0.166. The number of benzene rings is 1. The van der Waals surface area contributed by atoms with Gasteiger partial charge in [0.2, 0.25) is 0 Å². The largest absolute Gasteiger partial charge is 0.486 e. The minimum Gasteiger partial charge on any atom is -0.486 e. The molecule has 5 rings (SSSR count). The number of carbonyl (C=O) groups excluding carboxylic acids is 2. The van der Waals surface area contributed by atoms with E-state index in [9.17, 15) is 9.59 Å². The van der Waals surface area contributed by atoms with Crippen molar-refractivity contribution in [2.75, 3.05) is 32.0 Å². The van der Waals surface area contributed by atoms with Crippen molar-refractivity contribution in [3.63, 3.8) is 0 Å². The number of aryl methyl sites for hydroxylation is 1. The van der Waals surface area contributed by atoms with Crippen LogP contribution in [0.5, 0.6) is 11.5 Å². The molecule has 2 aliphatic rings. The number of nitrogen functional groups attached to an aromatic ring is 1. The Morgan fingerprint density at radius 2 is 1.85 bits per heavy atom. The molecular formula is C28H35BN6O5S. The van der Waals surface area contributed by atoms with Gasteiger partial charge < -0.3 is 29.4 Å². The minimum atomic E-state index is -0.798. The van der Waals surface area contributed by atoms with Gasteiger partial charge in [-0.25, -0.2) is 15.0 Å². The number of amides is 1. The smallest absolute Gasteiger partial charge is 0.311 e. The number of fused-ring (bicyclic) bond motifs is 2. The third-order valence-corrected chi connectivity index (χ3v) is 8.40. The number of hydrogen-bond acceptors (Lipinski definition) is 10. The molecule has 0 bridgehead atoms. The Hall–Kier alpha value is -3.48. The SMILES string of the molecule is [B]c1cc2c(cc1Sc1nc3c(N)ncnc3n1CCC1CCN(C(=O)[C@@H](C)OC(=O)C(C)(C)C)CC1)OCCO2. The molecule has 2 aromatic heterocycles. The van der Waals surface area contributed by atoms with Gasteiger partial charge in [0.15, 0.2) is 39.7 Å². The molecule has 1 aromatic carbocycles. The molecule has 2 N–H and O–H groups in total. The zero-order valence-corrected chi connectivity index (χ0v) is 24.7. The number of piperidine rings is 1. The molecule has 0 spiro atoms. The van der Waals surface area contributed by atoms with Crippen LogP contribution < -0.4 is 20.7 Å². The summed E-state index contributed by atoms with van der Waals surface area (Å²) in [4.78, 5) is 41.1. The molecule has 0 saturated carbocycles. The standard InChI is InChI=1S/C28H35BN6O5S/c1-16(40-26(37)28(2,3)4)25(36)34-8-5-17(6-9-34)7-10-35-24-22(23(30)31-15-32-24)33-27(35)41-21-14-20-19(13-18(21)29)38-11-12-39-20/h13-17H,5-12H2,1-4H3,(H2,30,31,32)/t16-/m1/s1. The Bertz CT molecular complexity index is 1450. The molecule has 13 heteroatoms. The molecule has 0 aliphatic carbocycles. The van der Waals surface area contributed by atoms with Gasteiger partial charge in [0, 0.05) is 24.5 Å². The van der Waals surface area contributed by atoms with Crippen molar-refractivity contribution in [1.29, 1.82) is 0 Å². The van der Waals surface area contributed by atoms with Crippen LogP contribution >= 0.6 is 11.8 Å². The third-order valence-electron chi connectivity index (χ3n) is 7.33. The van der Waals surface area contributed by atoms with E-state index >= 15 is 0 Å². The van der Waals surface area contributed by atoms with Crippen molar-refractivity contribution in [2.24, 2.45) is 11.3 Å². The second-order valence-corrected chi connectivity index (χ2v) is 12.5. The first-order valence-electron chi connectivity index (χ1n) is 13.8. The molecule has 3 aromatic rings. The Kier molecular flexibility index (Phi) is 8.35. The number of rotatable bonds is 7. The highest BCUT2D eigenvalue weighted by Crippen LogP contribution is 2.37. The highest BCUT2D eigenvalue weighted by Gasteiger charge is 2.31. The summed E-state index contributed by atoms with van der Waals surface area (Å²) in [6.45, 7) is 9.85. The number of nitrogens with two attached hydrogens (primary N) is 1. The normalized spacial score (nSPS) is 16.5. The summed E-state index contributed by atoms with van der Waals surface area (Å²) in [6.07, 6.45) is 3.23. The van der Waals surface area contributed by atoms with Crippen molar-refractivity contribution < 1.29 is 23.8 Å². The fourth-order valence-electron chi connectivity index (χ4n) is 4.88. The number of carbonyl (C=O) groups is 2. The Labute approximate surface area is 244 Å². The van der Waals surface area contributed by atoms with E-state index in [1.807, 2.05) is 6.07 Å². The van der Waals surface area contributed by atoms with Crippen molar-refractivity contribution in [3.8, 4) is 11.5 Å². The lowest BCUT2D eigenvalue weighted by Crippen LogP contribution is -2.45. The van der Waals surface area contributed by atoms with E-state index in [-0.39, 0.29) is 11.9 Å². The zero-order chi connectivity index (χ0) is 29.3. The van der Waals surface area contributed by atoms with Gasteiger partial charge in [-0.3, -0.25) is 9.59 Å². The van der Waals surface area contributed by atoms with E-state index in [2.05, 4.69) is 14.5 Å². The third kappa shape index (κ3) is 6.39. The molecule has 0 unspecified atom stereocenters. The zero-order valence-electron chi connectivity index (χ0n) is 23.9. The number of likely N-dealkylation sites (tertiary alicyclic amines) is 1. The average Bonchev–Trinajstić information content (AvgIpc) is 3.29. The first kappa shape index (κ1) is 29.0. The molecular weight excluding hydrogens is 543 g/mol. The molecule has 1 fully saturated rings. The maximum Gasteiger partial charge on any atom is 0.311 e. The Morgan fingerprint density at radius 1 is 1.17 bits per heavy atom. The number of anilines is 1. The summed E-state index contributed by atoms with van der Waals surface area (Å²) in [5.41, 5.74) is 7.27. The number of hydrogen-bond donors (Lipinski definition) is 1. The fourth-order valence-corrected chi connectivity index (χ4v) is 5.85. The van der Waals surface area contributed by atoms with E-state index in [1.165, 1.54) is 18.1 Å². The maximum atomic E-state index is 12.9. The summed E-state index contributed by atoms with van der Waals surface area (Å²) in [6, 6.07) is 3.65. The molecule has 1 saturated heterocycles. The molecule has 41 heavy (non-hydrogen) atoms. The van der Waals surface area contributed by atoms with Crippen LogP contribution in [0.2, 0.25) is 0 Å². The van der Waals surface area contributed by atoms with E-state index in [1.54, 1.807) is 38.7 Å². The summed E-state index contributed by atoms with van der Waals surface area (Å²) in [7, 11) is 6.36. The second-order valence-electron chi connectivity index (χ2n) is 11.5. The van der Waals surface area contributed by atoms with Gasteiger partial charge in [0.1, 0.15) is 27.4 Å². The van der Waals surface area contributed by atoms with E-state index in [0.717, 1.165) is 24.2 Å². The van der Waals surface area contributed by atoms with Gasteiger partial charge >= 0.3 is 5.97 Å². The molecule has 2 aliphatic heterocycles. The second kappa shape index (κ2) is 11.8. The predicted molar refractivity (Wildman–Crippen MR) is 156 cm³/mol. The number of imidazole rings is 1. The van der Waals surface area contributed by atoms with Crippen LogP contribution in [0.1, 0.15) is 47.0 Å². The molecule has 11 nitrogen and oxygen atoms in total. The molecule has 216 valence electrons. The van der Waals surface area contributed by atoms with Gasteiger partial charge in [-0.2, -0.15) is 0 Å².